The molecule has 0 aliphatic heterocycles. The largest absolute Gasteiger partial charge is 0.480 e. The van der Waals surface area contributed by atoms with E-state index < -0.39 is 17.5 Å². The Morgan fingerprint density at radius 2 is 1.88 bits per heavy atom. The van der Waals surface area contributed by atoms with Crippen LogP contribution in [0.2, 0.25) is 0 Å². The molecule has 0 spiro atoms. The normalized spacial score (nSPS) is 16.0. The van der Waals surface area contributed by atoms with Gasteiger partial charge in [-0.3, -0.25) is 4.79 Å². The quantitative estimate of drug-likeness (QED) is 0.453. The zero-order valence-corrected chi connectivity index (χ0v) is 9.49. The van der Waals surface area contributed by atoms with E-state index in [-0.39, 0.29) is 5.91 Å². The van der Waals surface area contributed by atoms with Gasteiger partial charge in [0.25, 0.3) is 0 Å². The van der Waals surface area contributed by atoms with Crippen LogP contribution in [-0.2, 0) is 9.59 Å². The number of hydrogen-bond donors (Lipinski definition) is 4. The van der Waals surface area contributed by atoms with Gasteiger partial charge in [-0.05, 0) is 25.7 Å². The van der Waals surface area contributed by atoms with Crippen LogP contribution in [-0.4, -0.2) is 35.1 Å². The van der Waals surface area contributed by atoms with Crippen molar-refractivity contribution in [1.82, 2.24) is 10.6 Å². The molecule has 7 nitrogen and oxygen atoms in total. The number of carboxylic acids is 1. The fourth-order valence-electron chi connectivity index (χ4n) is 1.40. The van der Waals surface area contributed by atoms with Crippen molar-refractivity contribution in [3.05, 3.63) is 0 Å². The van der Waals surface area contributed by atoms with Crippen molar-refractivity contribution >= 4 is 17.9 Å². The van der Waals surface area contributed by atoms with E-state index in [1.807, 2.05) is 0 Å². The van der Waals surface area contributed by atoms with Crippen molar-refractivity contribution in [1.29, 1.82) is 0 Å². The third-order valence-electron chi connectivity index (χ3n) is 2.65. The highest BCUT2D eigenvalue weighted by molar-refractivity contribution is 5.88. The molecular formula is C10H17N3O4. The first kappa shape index (κ1) is 13.3. The molecule has 0 bridgehead atoms. The topological polar surface area (TPSA) is 122 Å². The maximum atomic E-state index is 11.3. The summed E-state index contributed by atoms with van der Waals surface area (Å²) in [4.78, 5) is 32.5. The van der Waals surface area contributed by atoms with E-state index in [1.165, 1.54) is 0 Å². The van der Waals surface area contributed by atoms with Crippen LogP contribution in [0.1, 0.15) is 32.1 Å². The lowest BCUT2D eigenvalue weighted by Gasteiger charge is -2.13. The minimum Gasteiger partial charge on any atom is -0.480 e. The number of nitrogens with two attached hydrogens (primary N) is 1. The number of rotatable bonds is 7. The average Bonchev–Trinajstić information content (AvgIpc) is 2.97. The first-order chi connectivity index (χ1) is 7.96. The van der Waals surface area contributed by atoms with Crippen LogP contribution in [0.5, 0.6) is 0 Å². The fraction of sp³-hybridized carbons (Fsp3) is 0.700. The minimum atomic E-state index is -1.06. The SMILES string of the molecule is NC(=O)CCCCNC(=O)NC1(C(=O)O)CC1. The Kier molecular flexibility index (Phi) is 4.30. The Labute approximate surface area is 98.7 Å². The smallest absolute Gasteiger partial charge is 0.329 e. The predicted molar refractivity (Wildman–Crippen MR) is 59.2 cm³/mol. The summed E-state index contributed by atoms with van der Waals surface area (Å²) in [6, 6.07) is -0.482. The summed E-state index contributed by atoms with van der Waals surface area (Å²) in [7, 11) is 0. The van der Waals surface area contributed by atoms with Crippen molar-refractivity contribution in [3.63, 3.8) is 0 Å². The summed E-state index contributed by atoms with van der Waals surface area (Å²) >= 11 is 0. The summed E-state index contributed by atoms with van der Waals surface area (Å²) in [5.74, 6) is -1.36. The molecule has 1 rings (SSSR count). The lowest BCUT2D eigenvalue weighted by Crippen LogP contribution is -2.48. The first-order valence-corrected chi connectivity index (χ1v) is 5.54. The molecule has 5 N–H and O–H groups in total. The van der Waals surface area contributed by atoms with Crippen molar-refractivity contribution in [2.45, 2.75) is 37.6 Å². The number of nitrogens with one attached hydrogen (secondary N) is 2. The summed E-state index contributed by atoms with van der Waals surface area (Å²) < 4.78 is 0. The molecule has 3 amide bonds. The molecule has 0 aromatic carbocycles. The Hall–Kier alpha value is -1.79. The van der Waals surface area contributed by atoms with E-state index in [4.69, 9.17) is 10.8 Å². The van der Waals surface area contributed by atoms with Gasteiger partial charge >= 0.3 is 12.0 Å². The van der Waals surface area contributed by atoms with E-state index in [0.29, 0.717) is 38.6 Å². The molecule has 7 heteroatoms. The second-order valence-corrected chi connectivity index (χ2v) is 4.19. The Balaban J connectivity index is 2.10. The molecular weight excluding hydrogens is 226 g/mol. The van der Waals surface area contributed by atoms with E-state index in [2.05, 4.69) is 10.6 Å². The summed E-state index contributed by atoms with van der Waals surface area (Å²) in [6.07, 6.45) is 2.48. The van der Waals surface area contributed by atoms with E-state index in [1.54, 1.807) is 0 Å². The van der Waals surface area contributed by atoms with Gasteiger partial charge in [0.15, 0.2) is 0 Å². The highest BCUT2D eigenvalue weighted by Crippen LogP contribution is 2.35. The second kappa shape index (κ2) is 5.51. The summed E-state index contributed by atoms with van der Waals surface area (Å²) in [5, 5.41) is 13.8. The molecule has 1 fully saturated rings. The van der Waals surface area contributed by atoms with Gasteiger partial charge in [-0.25, -0.2) is 9.59 Å². The number of carboxylic acid groups (broad SMARTS) is 1. The summed E-state index contributed by atoms with van der Waals surface area (Å²) in [5.41, 5.74) is 3.90. The molecule has 0 unspecified atom stereocenters. The van der Waals surface area contributed by atoms with Crippen molar-refractivity contribution < 1.29 is 19.5 Å². The molecule has 0 aromatic heterocycles. The summed E-state index contributed by atoms with van der Waals surface area (Å²) in [6.45, 7) is 0.398. The van der Waals surface area contributed by atoms with E-state index >= 15 is 0 Å². The van der Waals surface area contributed by atoms with Crippen LogP contribution in [0.15, 0.2) is 0 Å². The zero-order chi connectivity index (χ0) is 12.9. The molecule has 1 aliphatic carbocycles. The maximum absolute atomic E-state index is 11.3. The Morgan fingerprint density at radius 1 is 1.24 bits per heavy atom. The molecule has 96 valence electrons. The standard InChI is InChI=1S/C10H17N3O4/c11-7(14)3-1-2-6-12-9(17)13-10(4-5-10)8(15)16/h1-6H2,(H2,11,14)(H,15,16)(H2,12,13,17). The van der Waals surface area contributed by atoms with Crippen molar-refractivity contribution in [3.8, 4) is 0 Å². The van der Waals surface area contributed by atoms with Gasteiger partial charge < -0.3 is 21.5 Å². The lowest BCUT2D eigenvalue weighted by molar-refractivity contribution is -0.140. The molecule has 0 saturated heterocycles. The molecule has 0 heterocycles. The number of carbonyl (C=O) groups excluding carboxylic acids is 2. The molecule has 17 heavy (non-hydrogen) atoms. The van der Waals surface area contributed by atoms with Gasteiger partial charge in [-0.1, -0.05) is 0 Å². The van der Waals surface area contributed by atoms with E-state index in [9.17, 15) is 14.4 Å². The fourth-order valence-corrected chi connectivity index (χ4v) is 1.40. The molecule has 0 radical (unpaired) electrons. The van der Waals surface area contributed by atoms with Gasteiger partial charge in [0.05, 0.1) is 0 Å². The van der Waals surface area contributed by atoms with Crippen molar-refractivity contribution in [2.24, 2.45) is 5.73 Å². The van der Waals surface area contributed by atoms with Crippen LogP contribution in [0.25, 0.3) is 0 Å². The lowest BCUT2D eigenvalue weighted by atomic mass is 10.2. The number of aliphatic carboxylic acids is 1. The van der Waals surface area contributed by atoms with Crippen molar-refractivity contribution in [2.75, 3.05) is 6.54 Å². The third-order valence-corrected chi connectivity index (χ3v) is 2.65. The van der Waals surface area contributed by atoms with E-state index in [0.717, 1.165) is 0 Å². The van der Waals surface area contributed by atoms with Crippen LogP contribution in [0.4, 0.5) is 4.79 Å². The molecule has 0 aromatic rings. The third kappa shape index (κ3) is 4.29. The number of unbranched alkanes of at least 4 members (excludes halogenated alkanes) is 1. The zero-order valence-electron chi connectivity index (χ0n) is 9.49. The van der Waals surface area contributed by atoms with Crippen LogP contribution >= 0.6 is 0 Å². The van der Waals surface area contributed by atoms with Crippen LogP contribution in [0, 0.1) is 0 Å². The van der Waals surface area contributed by atoms with Gasteiger partial charge in [-0.15, -0.1) is 0 Å². The predicted octanol–water partition coefficient (Wildman–Crippen LogP) is -0.442. The maximum Gasteiger partial charge on any atom is 0.329 e. The van der Waals surface area contributed by atoms with Gasteiger partial charge in [-0.2, -0.15) is 0 Å². The van der Waals surface area contributed by atoms with Gasteiger partial charge in [0, 0.05) is 13.0 Å². The van der Waals surface area contributed by atoms with Crippen LogP contribution < -0.4 is 16.4 Å². The number of hydrogen-bond acceptors (Lipinski definition) is 3. The number of carbonyl (C=O) groups is 3. The Bertz CT molecular complexity index is 326. The monoisotopic (exact) mass is 243 g/mol. The minimum absolute atomic E-state index is 0.294. The van der Waals surface area contributed by atoms with Gasteiger partial charge in [0.2, 0.25) is 5.91 Å². The number of amides is 3. The Morgan fingerprint density at radius 3 is 2.35 bits per heavy atom. The molecule has 0 atom stereocenters. The highest BCUT2D eigenvalue weighted by atomic mass is 16.4. The second-order valence-electron chi connectivity index (χ2n) is 4.19. The molecule has 1 saturated carbocycles. The van der Waals surface area contributed by atoms with Crippen LogP contribution in [0.3, 0.4) is 0 Å². The highest BCUT2D eigenvalue weighted by Gasteiger charge is 2.51. The first-order valence-electron chi connectivity index (χ1n) is 5.54. The molecule has 1 aliphatic rings. The number of urea groups is 1. The van der Waals surface area contributed by atoms with Gasteiger partial charge in [0.1, 0.15) is 5.54 Å². The average molecular weight is 243 g/mol. The number of primary amides is 1.